The predicted molar refractivity (Wildman–Crippen MR) is 60.2 cm³/mol. The van der Waals surface area contributed by atoms with E-state index in [4.69, 9.17) is 0 Å². The van der Waals surface area contributed by atoms with Gasteiger partial charge in [0, 0.05) is 19.3 Å². The summed E-state index contributed by atoms with van der Waals surface area (Å²) in [6.45, 7) is 4.27. The maximum absolute atomic E-state index is 10.9. The lowest BCUT2D eigenvalue weighted by atomic mass is 10.00. The summed E-state index contributed by atoms with van der Waals surface area (Å²) in [4.78, 5) is 17.4. The maximum atomic E-state index is 10.9. The third kappa shape index (κ3) is 2.17. The van der Waals surface area contributed by atoms with Crippen LogP contribution in [0.1, 0.15) is 30.1 Å². The number of aromatic nitrogens is 1. The average Bonchev–Trinajstić information content (AvgIpc) is 2.29. The monoisotopic (exact) mass is 204 g/mol. The third-order valence-corrected chi connectivity index (χ3v) is 2.90. The molecule has 15 heavy (non-hydrogen) atoms. The van der Waals surface area contributed by atoms with Crippen molar-refractivity contribution in [2.75, 3.05) is 18.0 Å². The van der Waals surface area contributed by atoms with Crippen molar-refractivity contribution in [3.05, 3.63) is 23.9 Å². The van der Waals surface area contributed by atoms with Crippen LogP contribution in [-0.2, 0) is 0 Å². The van der Waals surface area contributed by atoms with Crippen LogP contribution in [0.5, 0.6) is 0 Å². The van der Waals surface area contributed by atoms with Crippen LogP contribution in [0.3, 0.4) is 0 Å². The molecule has 0 radical (unpaired) electrons. The fourth-order valence-electron chi connectivity index (χ4n) is 2.15. The largest absolute Gasteiger partial charge is 0.356 e. The van der Waals surface area contributed by atoms with E-state index < -0.39 is 0 Å². The Morgan fingerprint density at radius 1 is 1.60 bits per heavy atom. The van der Waals surface area contributed by atoms with Gasteiger partial charge in [-0.2, -0.15) is 0 Å². The summed E-state index contributed by atoms with van der Waals surface area (Å²) in [5.74, 6) is 1.54. The molecule has 1 fully saturated rings. The molecule has 0 amide bonds. The minimum atomic E-state index is 0.695. The average molecular weight is 204 g/mol. The van der Waals surface area contributed by atoms with Gasteiger partial charge in [-0.3, -0.25) is 4.79 Å². The topological polar surface area (TPSA) is 33.2 Å². The van der Waals surface area contributed by atoms with Gasteiger partial charge in [0.05, 0.1) is 5.56 Å². The summed E-state index contributed by atoms with van der Waals surface area (Å²) in [6.07, 6.45) is 5.11. The molecule has 0 spiro atoms. The zero-order valence-corrected chi connectivity index (χ0v) is 9.02. The number of hydrogen-bond donors (Lipinski definition) is 0. The van der Waals surface area contributed by atoms with Crippen LogP contribution >= 0.6 is 0 Å². The smallest absolute Gasteiger partial charge is 0.153 e. The van der Waals surface area contributed by atoms with Crippen molar-refractivity contribution in [3.63, 3.8) is 0 Å². The van der Waals surface area contributed by atoms with E-state index in [0.29, 0.717) is 11.5 Å². The van der Waals surface area contributed by atoms with E-state index in [1.165, 1.54) is 12.8 Å². The van der Waals surface area contributed by atoms with Crippen molar-refractivity contribution in [2.24, 2.45) is 5.92 Å². The standard InChI is InChI=1S/C12H16N2O/c1-10-4-3-7-14(8-10)12-11(9-15)5-2-6-13-12/h2,5-6,9-10H,3-4,7-8H2,1H3. The van der Waals surface area contributed by atoms with Crippen LogP contribution in [0, 0.1) is 5.92 Å². The molecule has 1 atom stereocenters. The summed E-state index contributed by atoms with van der Waals surface area (Å²) in [5, 5.41) is 0. The van der Waals surface area contributed by atoms with Crippen LogP contribution in [-0.4, -0.2) is 24.4 Å². The predicted octanol–water partition coefficient (Wildman–Crippen LogP) is 2.13. The first-order valence-corrected chi connectivity index (χ1v) is 5.46. The van der Waals surface area contributed by atoms with Crippen LogP contribution in [0.25, 0.3) is 0 Å². The molecular weight excluding hydrogens is 188 g/mol. The molecule has 2 rings (SSSR count). The molecule has 80 valence electrons. The second-order valence-electron chi connectivity index (χ2n) is 4.23. The second kappa shape index (κ2) is 4.43. The van der Waals surface area contributed by atoms with E-state index in [1.54, 1.807) is 12.3 Å². The highest BCUT2D eigenvalue weighted by Gasteiger charge is 2.19. The molecular formula is C12H16N2O. The number of anilines is 1. The SMILES string of the molecule is CC1CCCN(c2ncccc2C=O)C1. The molecule has 0 saturated carbocycles. The van der Waals surface area contributed by atoms with Gasteiger partial charge in [-0.05, 0) is 30.9 Å². The number of aldehydes is 1. The molecule has 0 aromatic carbocycles. The Morgan fingerprint density at radius 3 is 3.20 bits per heavy atom. The van der Waals surface area contributed by atoms with E-state index in [0.717, 1.165) is 25.2 Å². The number of piperidine rings is 1. The van der Waals surface area contributed by atoms with Gasteiger partial charge in [0.15, 0.2) is 6.29 Å². The Kier molecular flexibility index (Phi) is 2.99. The fraction of sp³-hybridized carbons (Fsp3) is 0.500. The summed E-state index contributed by atoms with van der Waals surface area (Å²) in [6, 6.07) is 3.63. The van der Waals surface area contributed by atoms with Crippen molar-refractivity contribution >= 4 is 12.1 Å². The highest BCUT2D eigenvalue weighted by Crippen LogP contribution is 2.22. The minimum absolute atomic E-state index is 0.695. The Bertz CT molecular complexity index is 351. The lowest BCUT2D eigenvalue weighted by Gasteiger charge is -2.32. The normalized spacial score (nSPS) is 21.4. The molecule has 1 aromatic rings. The summed E-state index contributed by atoms with van der Waals surface area (Å²) < 4.78 is 0. The van der Waals surface area contributed by atoms with E-state index >= 15 is 0 Å². The molecule has 1 unspecified atom stereocenters. The highest BCUT2D eigenvalue weighted by atomic mass is 16.1. The summed E-state index contributed by atoms with van der Waals surface area (Å²) >= 11 is 0. The Hall–Kier alpha value is -1.38. The van der Waals surface area contributed by atoms with Crippen LogP contribution < -0.4 is 4.90 Å². The molecule has 0 N–H and O–H groups in total. The first-order valence-electron chi connectivity index (χ1n) is 5.46. The van der Waals surface area contributed by atoms with Gasteiger partial charge in [-0.15, -0.1) is 0 Å². The lowest BCUT2D eigenvalue weighted by molar-refractivity contribution is 0.112. The van der Waals surface area contributed by atoms with Crippen molar-refractivity contribution < 1.29 is 4.79 Å². The molecule has 3 nitrogen and oxygen atoms in total. The first kappa shape index (κ1) is 10.1. The van der Waals surface area contributed by atoms with Gasteiger partial charge in [0.2, 0.25) is 0 Å². The number of carbonyl (C=O) groups is 1. The van der Waals surface area contributed by atoms with E-state index in [-0.39, 0.29) is 0 Å². The summed E-state index contributed by atoms with van der Waals surface area (Å²) in [7, 11) is 0. The number of carbonyl (C=O) groups excluding carboxylic acids is 1. The number of nitrogens with zero attached hydrogens (tertiary/aromatic N) is 2. The zero-order chi connectivity index (χ0) is 10.7. The van der Waals surface area contributed by atoms with E-state index in [9.17, 15) is 4.79 Å². The van der Waals surface area contributed by atoms with Gasteiger partial charge < -0.3 is 4.90 Å². The highest BCUT2D eigenvalue weighted by molar-refractivity contribution is 5.82. The molecule has 1 aliphatic heterocycles. The quantitative estimate of drug-likeness (QED) is 0.692. The Morgan fingerprint density at radius 2 is 2.47 bits per heavy atom. The van der Waals surface area contributed by atoms with Gasteiger partial charge >= 0.3 is 0 Å². The first-order chi connectivity index (χ1) is 7.31. The second-order valence-corrected chi connectivity index (χ2v) is 4.23. The van der Waals surface area contributed by atoms with Crippen LogP contribution in [0.4, 0.5) is 5.82 Å². The van der Waals surface area contributed by atoms with Crippen LogP contribution in [0.15, 0.2) is 18.3 Å². The zero-order valence-electron chi connectivity index (χ0n) is 9.02. The van der Waals surface area contributed by atoms with Gasteiger partial charge in [0.1, 0.15) is 5.82 Å². The van der Waals surface area contributed by atoms with Crippen molar-refractivity contribution in [3.8, 4) is 0 Å². The number of rotatable bonds is 2. The molecule has 2 heterocycles. The molecule has 3 heteroatoms. The van der Waals surface area contributed by atoms with E-state index in [1.807, 2.05) is 6.07 Å². The van der Waals surface area contributed by atoms with Gasteiger partial charge in [0.25, 0.3) is 0 Å². The number of pyridine rings is 1. The third-order valence-electron chi connectivity index (χ3n) is 2.90. The van der Waals surface area contributed by atoms with E-state index in [2.05, 4.69) is 16.8 Å². The molecule has 1 aliphatic rings. The Balaban J connectivity index is 2.24. The van der Waals surface area contributed by atoms with Crippen molar-refractivity contribution in [2.45, 2.75) is 19.8 Å². The molecule has 0 bridgehead atoms. The van der Waals surface area contributed by atoms with Crippen molar-refractivity contribution in [1.82, 2.24) is 4.98 Å². The molecule has 0 aliphatic carbocycles. The molecule has 1 saturated heterocycles. The fourth-order valence-corrected chi connectivity index (χ4v) is 2.15. The van der Waals surface area contributed by atoms with Crippen molar-refractivity contribution in [1.29, 1.82) is 0 Å². The number of hydrogen-bond acceptors (Lipinski definition) is 3. The molecule has 1 aromatic heterocycles. The Labute approximate surface area is 90.1 Å². The lowest BCUT2D eigenvalue weighted by Crippen LogP contribution is -2.35. The maximum Gasteiger partial charge on any atom is 0.153 e. The summed E-state index contributed by atoms with van der Waals surface area (Å²) in [5.41, 5.74) is 0.701. The van der Waals surface area contributed by atoms with Gasteiger partial charge in [-0.1, -0.05) is 6.92 Å². The minimum Gasteiger partial charge on any atom is -0.356 e. The van der Waals surface area contributed by atoms with Crippen LogP contribution in [0.2, 0.25) is 0 Å². The van der Waals surface area contributed by atoms with Gasteiger partial charge in [-0.25, -0.2) is 4.98 Å².